The Morgan fingerprint density at radius 2 is 2.22 bits per heavy atom. The van der Waals surface area contributed by atoms with Gasteiger partial charge in [0.1, 0.15) is 11.9 Å². The molecule has 3 aromatic heterocycles. The van der Waals surface area contributed by atoms with Crippen LogP contribution in [-0.4, -0.2) is 43.8 Å². The second kappa shape index (κ2) is 5.04. The van der Waals surface area contributed by atoms with Crippen LogP contribution in [0.3, 0.4) is 0 Å². The van der Waals surface area contributed by atoms with Crippen LogP contribution in [0.1, 0.15) is 6.42 Å². The Kier molecular flexibility index (Phi) is 3.00. The van der Waals surface area contributed by atoms with Crippen LogP contribution in [0.15, 0.2) is 34.2 Å². The SMILES string of the molecule is O=c1[nH]cc(-c2cc(N3CC[C@@H](F)C3)c3nccn3n2)c(=O)[nH]1. The molecule has 0 spiro atoms. The predicted molar refractivity (Wildman–Crippen MR) is 81.4 cm³/mol. The Labute approximate surface area is 128 Å². The fraction of sp³-hybridized carbons (Fsp3) is 0.286. The van der Waals surface area contributed by atoms with E-state index in [1.54, 1.807) is 23.0 Å². The molecule has 1 aliphatic rings. The molecule has 118 valence electrons. The summed E-state index contributed by atoms with van der Waals surface area (Å²) in [6.07, 6.45) is 4.15. The average molecular weight is 316 g/mol. The lowest BCUT2D eigenvalue weighted by Crippen LogP contribution is -2.24. The van der Waals surface area contributed by atoms with E-state index < -0.39 is 17.4 Å². The molecule has 0 unspecified atom stereocenters. The van der Waals surface area contributed by atoms with Crippen LogP contribution in [-0.2, 0) is 0 Å². The molecule has 8 nitrogen and oxygen atoms in total. The van der Waals surface area contributed by atoms with Gasteiger partial charge >= 0.3 is 5.69 Å². The van der Waals surface area contributed by atoms with E-state index in [1.807, 2.05) is 4.90 Å². The van der Waals surface area contributed by atoms with Crippen molar-refractivity contribution in [3.8, 4) is 11.3 Å². The average Bonchev–Trinajstić information content (AvgIpc) is 3.14. The van der Waals surface area contributed by atoms with Crippen molar-refractivity contribution in [3.63, 3.8) is 0 Å². The maximum absolute atomic E-state index is 13.5. The third kappa shape index (κ3) is 2.30. The zero-order valence-electron chi connectivity index (χ0n) is 12.0. The van der Waals surface area contributed by atoms with E-state index in [4.69, 9.17) is 0 Å². The van der Waals surface area contributed by atoms with E-state index in [0.29, 0.717) is 30.0 Å². The fourth-order valence-corrected chi connectivity index (χ4v) is 2.80. The van der Waals surface area contributed by atoms with Crippen molar-refractivity contribution in [2.75, 3.05) is 18.0 Å². The number of hydrogen-bond acceptors (Lipinski definition) is 5. The minimum Gasteiger partial charge on any atom is -0.365 e. The molecule has 9 heteroatoms. The van der Waals surface area contributed by atoms with Gasteiger partial charge in [-0.15, -0.1) is 0 Å². The first-order valence-electron chi connectivity index (χ1n) is 7.17. The number of H-pyrrole nitrogens is 2. The Hall–Kier alpha value is -2.97. The van der Waals surface area contributed by atoms with Gasteiger partial charge in [-0.05, 0) is 12.5 Å². The van der Waals surface area contributed by atoms with Crippen LogP contribution >= 0.6 is 0 Å². The van der Waals surface area contributed by atoms with Gasteiger partial charge in [-0.2, -0.15) is 5.10 Å². The Morgan fingerprint density at radius 3 is 2.96 bits per heavy atom. The summed E-state index contributed by atoms with van der Waals surface area (Å²) in [7, 11) is 0. The van der Waals surface area contributed by atoms with Crippen LogP contribution in [0.2, 0.25) is 0 Å². The number of imidazole rings is 1. The smallest absolute Gasteiger partial charge is 0.325 e. The van der Waals surface area contributed by atoms with Crippen molar-refractivity contribution in [1.29, 1.82) is 0 Å². The second-order valence-corrected chi connectivity index (χ2v) is 5.43. The molecule has 0 bridgehead atoms. The number of hydrogen-bond donors (Lipinski definition) is 2. The molecular weight excluding hydrogens is 303 g/mol. The standard InChI is InChI=1S/C14H13FN6O2/c15-8-1-3-20(7-8)11-5-10(19-21-4-2-16-12(11)21)9-6-17-14(23)18-13(9)22/h2,4-6,8H,1,3,7H2,(H2,17,18,22,23)/t8-/m1/s1. The molecule has 4 heterocycles. The lowest BCUT2D eigenvalue weighted by Gasteiger charge is -2.18. The third-order valence-electron chi connectivity index (χ3n) is 3.91. The number of aromatic amines is 2. The Bertz CT molecular complexity index is 991. The van der Waals surface area contributed by atoms with Gasteiger partial charge in [-0.1, -0.05) is 0 Å². The van der Waals surface area contributed by atoms with Gasteiger partial charge in [-0.3, -0.25) is 9.78 Å². The van der Waals surface area contributed by atoms with Crippen molar-refractivity contribution in [2.24, 2.45) is 0 Å². The van der Waals surface area contributed by atoms with E-state index >= 15 is 0 Å². The number of fused-ring (bicyclic) bond motifs is 1. The minimum atomic E-state index is -0.877. The van der Waals surface area contributed by atoms with Gasteiger partial charge in [0.2, 0.25) is 0 Å². The highest BCUT2D eigenvalue weighted by Gasteiger charge is 2.25. The van der Waals surface area contributed by atoms with Gasteiger partial charge in [0.15, 0.2) is 5.65 Å². The number of nitrogens with one attached hydrogen (secondary N) is 2. The van der Waals surface area contributed by atoms with Crippen molar-refractivity contribution >= 4 is 11.3 Å². The summed E-state index contributed by atoms with van der Waals surface area (Å²) in [5.74, 6) is 0. The van der Waals surface area contributed by atoms with Gasteiger partial charge in [0.05, 0.1) is 11.3 Å². The molecule has 23 heavy (non-hydrogen) atoms. The Balaban J connectivity index is 1.91. The van der Waals surface area contributed by atoms with E-state index in [9.17, 15) is 14.0 Å². The lowest BCUT2D eigenvalue weighted by atomic mass is 10.2. The predicted octanol–water partition coefficient (Wildman–Crippen LogP) is 0.321. The molecule has 1 saturated heterocycles. The van der Waals surface area contributed by atoms with Crippen LogP contribution in [0, 0.1) is 0 Å². The normalized spacial score (nSPS) is 18.0. The summed E-state index contributed by atoms with van der Waals surface area (Å²) in [4.78, 5) is 33.9. The summed E-state index contributed by atoms with van der Waals surface area (Å²) < 4.78 is 15.1. The molecule has 1 fully saturated rings. The monoisotopic (exact) mass is 316 g/mol. The van der Waals surface area contributed by atoms with E-state index in [0.717, 1.165) is 0 Å². The van der Waals surface area contributed by atoms with Gasteiger partial charge in [0.25, 0.3) is 5.56 Å². The topological polar surface area (TPSA) is 99.2 Å². The number of halogens is 1. The van der Waals surface area contributed by atoms with Crippen molar-refractivity contribution in [1.82, 2.24) is 24.6 Å². The molecule has 0 saturated carbocycles. The molecule has 4 rings (SSSR count). The first-order valence-corrected chi connectivity index (χ1v) is 7.17. The highest BCUT2D eigenvalue weighted by Crippen LogP contribution is 2.28. The van der Waals surface area contributed by atoms with Crippen LogP contribution in [0.25, 0.3) is 16.9 Å². The second-order valence-electron chi connectivity index (χ2n) is 5.43. The van der Waals surface area contributed by atoms with Crippen LogP contribution in [0.5, 0.6) is 0 Å². The molecule has 1 atom stereocenters. The third-order valence-corrected chi connectivity index (χ3v) is 3.91. The highest BCUT2D eigenvalue weighted by atomic mass is 19.1. The van der Waals surface area contributed by atoms with Gasteiger partial charge < -0.3 is 9.88 Å². The lowest BCUT2D eigenvalue weighted by molar-refractivity contribution is 0.364. The van der Waals surface area contributed by atoms with E-state index in [1.165, 1.54) is 6.20 Å². The van der Waals surface area contributed by atoms with Gasteiger partial charge in [0, 0.05) is 31.7 Å². The quantitative estimate of drug-likeness (QED) is 0.709. The van der Waals surface area contributed by atoms with Gasteiger partial charge in [-0.25, -0.2) is 18.7 Å². The van der Waals surface area contributed by atoms with E-state index in [-0.39, 0.29) is 12.1 Å². The molecule has 0 radical (unpaired) electrons. The summed E-state index contributed by atoms with van der Waals surface area (Å²) in [6, 6.07) is 1.70. The first-order chi connectivity index (χ1) is 11.1. The van der Waals surface area contributed by atoms with Crippen molar-refractivity contribution in [2.45, 2.75) is 12.6 Å². The molecule has 1 aliphatic heterocycles. The van der Waals surface area contributed by atoms with Crippen LogP contribution in [0.4, 0.5) is 10.1 Å². The highest BCUT2D eigenvalue weighted by molar-refractivity contribution is 5.74. The fourth-order valence-electron chi connectivity index (χ4n) is 2.80. The number of anilines is 1. The zero-order chi connectivity index (χ0) is 16.0. The molecule has 3 aromatic rings. The number of alkyl halides is 1. The summed E-state index contributed by atoms with van der Waals surface area (Å²) >= 11 is 0. The number of nitrogens with zero attached hydrogens (tertiary/aromatic N) is 4. The molecular formula is C14H13FN6O2. The molecule has 0 aliphatic carbocycles. The minimum absolute atomic E-state index is 0.234. The summed E-state index contributed by atoms with van der Waals surface area (Å²) in [5, 5.41) is 4.34. The first kappa shape index (κ1) is 13.7. The van der Waals surface area contributed by atoms with Crippen LogP contribution < -0.4 is 16.1 Å². The summed E-state index contributed by atoms with van der Waals surface area (Å²) in [5.41, 5.74) is 0.816. The molecule has 2 N–H and O–H groups in total. The summed E-state index contributed by atoms with van der Waals surface area (Å²) in [6.45, 7) is 0.864. The van der Waals surface area contributed by atoms with E-state index in [2.05, 4.69) is 20.1 Å². The van der Waals surface area contributed by atoms with Crippen molar-refractivity contribution < 1.29 is 4.39 Å². The molecule has 0 amide bonds. The largest absolute Gasteiger partial charge is 0.365 e. The maximum atomic E-state index is 13.5. The number of rotatable bonds is 2. The zero-order valence-corrected chi connectivity index (χ0v) is 12.0. The number of aromatic nitrogens is 5. The molecule has 0 aromatic carbocycles. The Morgan fingerprint density at radius 1 is 1.35 bits per heavy atom. The van der Waals surface area contributed by atoms with Crippen molar-refractivity contribution in [3.05, 3.63) is 45.5 Å². The maximum Gasteiger partial charge on any atom is 0.325 e.